The number of phenolic OH excluding ortho intramolecular Hbond substituents is 1. The number of ether oxygens (including phenoxy) is 2. The predicted molar refractivity (Wildman–Crippen MR) is 103 cm³/mol. The van der Waals surface area contributed by atoms with Crippen LogP contribution >= 0.6 is 15.9 Å². The van der Waals surface area contributed by atoms with Crippen LogP contribution in [0, 0.1) is 0 Å². The van der Waals surface area contributed by atoms with Crippen molar-refractivity contribution in [3.8, 4) is 17.2 Å². The third-order valence-corrected chi connectivity index (χ3v) is 3.93. The van der Waals surface area contributed by atoms with E-state index in [0.717, 1.165) is 4.47 Å². The summed E-state index contributed by atoms with van der Waals surface area (Å²) in [6.07, 6.45) is 1.30. The molecule has 27 heavy (non-hydrogen) atoms. The predicted octanol–water partition coefficient (Wildman–Crippen LogP) is 2.05. The molecular formula is C18H18BrN3O5. The molecule has 0 bridgehead atoms. The topological polar surface area (TPSA) is 109 Å². The Morgan fingerprint density at radius 1 is 1.15 bits per heavy atom. The van der Waals surface area contributed by atoms with Crippen LogP contribution in [0.25, 0.3) is 0 Å². The smallest absolute Gasteiger partial charge is 0.259 e. The van der Waals surface area contributed by atoms with Gasteiger partial charge in [-0.15, -0.1) is 0 Å². The van der Waals surface area contributed by atoms with Gasteiger partial charge in [-0.25, -0.2) is 5.43 Å². The van der Waals surface area contributed by atoms with E-state index in [1.807, 2.05) is 0 Å². The van der Waals surface area contributed by atoms with Crippen molar-refractivity contribution in [1.29, 1.82) is 0 Å². The lowest BCUT2D eigenvalue weighted by molar-refractivity contribution is -0.120. The maximum atomic E-state index is 12.1. The molecule has 0 atom stereocenters. The first-order chi connectivity index (χ1) is 12.9. The number of hydrazone groups is 1. The number of methoxy groups -OCH3 is 2. The van der Waals surface area contributed by atoms with Crippen LogP contribution < -0.4 is 20.2 Å². The van der Waals surface area contributed by atoms with Crippen LogP contribution in [0.2, 0.25) is 0 Å². The highest BCUT2D eigenvalue weighted by molar-refractivity contribution is 9.10. The second-order valence-electron chi connectivity index (χ2n) is 5.25. The molecule has 2 aromatic rings. The van der Waals surface area contributed by atoms with E-state index in [1.165, 1.54) is 32.6 Å². The molecule has 2 amide bonds. The number of aromatic hydroxyl groups is 1. The van der Waals surface area contributed by atoms with Gasteiger partial charge in [-0.2, -0.15) is 5.10 Å². The Hall–Kier alpha value is -3.07. The summed E-state index contributed by atoms with van der Waals surface area (Å²) < 4.78 is 11.0. The molecule has 2 aromatic carbocycles. The molecule has 0 aliphatic heterocycles. The molecule has 142 valence electrons. The quantitative estimate of drug-likeness (QED) is 0.455. The molecule has 0 radical (unpaired) electrons. The number of amides is 2. The van der Waals surface area contributed by atoms with E-state index in [9.17, 15) is 14.7 Å². The Morgan fingerprint density at radius 2 is 1.89 bits per heavy atom. The molecule has 9 heteroatoms. The van der Waals surface area contributed by atoms with Crippen molar-refractivity contribution in [2.75, 3.05) is 20.8 Å². The number of halogens is 1. The molecule has 0 saturated heterocycles. The first-order valence-corrected chi connectivity index (χ1v) is 8.54. The minimum atomic E-state index is -0.519. The van der Waals surface area contributed by atoms with Gasteiger partial charge in [0.05, 0.1) is 27.0 Å². The van der Waals surface area contributed by atoms with Gasteiger partial charge in [0.1, 0.15) is 5.75 Å². The lowest BCUT2D eigenvalue weighted by atomic mass is 10.2. The second kappa shape index (κ2) is 9.58. The van der Waals surface area contributed by atoms with Gasteiger partial charge in [0, 0.05) is 15.6 Å². The molecule has 0 unspecified atom stereocenters. The Bertz CT molecular complexity index is 870. The highest BCUT2D eigenvalue weighted by Gasteiger charge is 2.11. The number of carbonyl (C=O) groups excluding carboxylic acids is 2. The Kier molecular flexibility index (Phi) is 7.18. The zero-order valence-electron chi connectivity index (χ0n) is 14.7. The summed E-state index contributed by atoms with van der Waals surface area (Å²) in [5, 5.41) is 15.9. The van der Waals surface area contributed by atoms with Gasteiger partial charge in [-0.05, 0) is 36.4 Å². The van der Waals surface area contributed by atoms with E-state index in [0.29, 0.717) is 22.6 Å². The van der Waals surface area contributed by atoms with Gasteiger partial charge >= 0.3 is 0 Å². The van der Waals surface area contributed by atoms with Gasteiger partial charge < -0.3 is 19.9 Å². The standard InChI is InChI=1S/C18H18BrN3O5/c1-26-15-6-3-11(8-16(15)27-2)18(25)20-10-17(24)22-21-9-12-7-13(19)4-5-14(12)23/h3-9,23H,10H2,1-2H3,(H,20,25)(H,22,24)/b21-9-. The van der Waals surface area contributed by atoms with Crippen LogP contribution in [0.3, 0.4) is 0 Å². The van der Waals surface area contributed by atoms with E-state index >= 15 is 0 Å². The van der Waals surface area contributed by atoms with Gasteiger partial charge in [0.25, 0.3) is 11.8 Å². The van der Waals surface area contributed by atoms with Crippen LogP contribution in [-0.4, -0.2) is 43.9 Å². The maximum absolute atomic E-state index is 12.1. The number of carbonyl (C=O) groups is 2. The zero-order valence-corrected chi connectivity index (χ0v) is 16.2. The van der Waals surface area contributed by atoms with Crippen LogP contribution in [-0.2, 0) is 4.79 Å². The molecule has 0 saturated carbocycles. The number of hydrogen-bond acceptors (Lipinski definition) is 6. The molecule has 0 spiro atoms. The minimum absolute atomic E-state index is 0.0259. The van der Waals surface area contributed by atoms with E-state index in [4.69, 9.17) is 9.47 Å². The van der Waals surface area contributed by atoms with Crippen molar-refractivity contribution in [2.24, 2.45) is 5.10 Å². The molecule has 0 aliphatic carbocycles. The van der Waals surface area contributed by atoms with E-state index in [-0.39, 0.29) is 12.3 Å². The summed E-state index contributed by atoms with van der Waals surface area (Å²) in [7, 11) is 2.96. The molecule has 0 heterocycles. The summed E-state index contributed by atoms with van der Waals surface area (Å²) in [6.45, 7) is -0.269. The van der Waals surface area contributed by atoms with Gasteiger partial charge in [0.15, 0.2) is 11.5 Å². The Morgan fingerprint density at radius 3 is 2.59 bits per heavy atom. The van der Waals surface area contributed by atoms with Gasteiger partial charge in [-0.1, -0.05) is 15.9 Å². The number of hydrogen-bond donors (Lipinski definition) is 3. The first-order valence-electron chi connectivity index (χ1n) is 7.75. The van der Waals surface area contributed by atoms with Crippen LogP contribution in [0.15, 0.2) is 46.0 Å². The lowest BCUT2D eigenvalue weighted by Gasteiger charge is -2.09. The fourth-order valence-corrected chi connectivity index (χ4v) is 2.46. The monoisotopic (exact) mass is 435 g/mol. The SMILES string of the molecule is COc1ccc(C(=O)NCC(=O)N/N=C\c2cc(Br)ccc2O)cc1OC. The number of phenols is 1. The molecule has 0 aliphatic rings. The van der Waals surface area contributed by atoms with Crippen molar-refractivity contribution in [3.63, 3.8) is 0 Å². The van der Waals surface area contributed by atoms with E-state index in [2.05, 4.69) is 31.8 Å². The number of nitrogens with one attached hydrogen (secondary N) is 2. The van der Waals surface area contributed by atoms with Gasteiger partial charge in [-0.3, -0.25) is 9.59 Å². The fourth-order valence-electron chi connectivity index (χ4n) is 2.08. The van der Waals surface area contributed by atoms with Crippen LogP contribution in [0.5, 0.6) is 17.2 Å². The lowest BCUT2D eigenvalue weighted by Crippen LogP contribution is -2.34. The Balaban J connectivity index is 1.89. The van der Waals surface area contributed by atoms with Crippen molar-refractivity contribution in [2.45, 2.75) is 0 Å². The highest BCUT2D eigenvalue weighted by atomic mass is 79.9. The number of nitrogens with zero attached hydrogens (tertiary/aromatic N) is 1. The largest absolute Gasteiger partial charge is 0.507 e. The first kappa shape index (κ1) is 20.2. The minimum Gasteiger partial charge on any atom is -0.507 e. The van der Waals surface area contributed by atoms with Crippen molar-refractivity contribution < 1.29 is 24.2 Å². The summed E-state index contributed by atoms with van der Waals surface area (Å²) >= 11 is 3.27. The number of rotatable bonds is 7. The highest BCUT2D eigenvalue weighted by Crippen LogP contribution is 2.27. The van der Waals surface area contributed by atoms with Gasteiger partial charge in [0.2, 0.25) is 0 Å². The van der Waals surface area contributed by atoms with Crippen LogP contribution in [0.1, 0.15) is 15.9 Å². The van der Waals surface area contributed by atoms with E-state index < -0.39 is 11.8 Å². The molecule has 2 rings (SSSR count). The average Bonchev–Trinajstić information content (AvgIpc) is 2.68. The average molecular weight is 436 g/mol. The summed E-state index contributed by atoms with van der Waals surface area (Å²) in [5.41, 5.74) is 3.02. The third kappa shape index (κ3) is 5.71. The van der Waals surface area contributed by atoms with Crippen molar-refractivity contribution >= 4 is 34.0 Å². The van der Waals surface area contributed by atoms with Crippen molar-refractivity contribution in [3.05, 3.63) is 52.0 Å². The summed E-state index contributed by atoms with van der Waals surface area (Å²) in [6, 6.07) is 9.49. The molecule has 0 fully saturated rings. The molecular weight excluding hydrogens is 418 g/mol. The molecule has 3 N–H and O–H groups in total. The fraction of sp³-hybridized carbons (Fsp3) is 0.167. The maximum Gasteiger partial charge on any atom is 0.259 e. The molecule has 0 aromatic heterocycles. The second-order valence-corrected chi connectivity index (χ2v) is 6.16. The molecule has 8 nitrogen and oxygen atoms in total. The third-order valence-electron chi connectivity index (χ3n) is 3.44. The summed E-state index contributed by atoms with van der Waals surface area (Å²) in [5.74, 6) is -0.0304. The van der Waals surface area contributed by atoms with E-state index in [1.54, 1.807) is 24.3 Å². The normalized spacial score (nSPS) is 10.5. The van der Waals surface area contributed by atoms with Crippen molar-refractivity contribution in [1.82, 2.24) is 10.7 Å². The number of benzene rings is 2. The van der Waals surface area contributed by atoms with Crippen LogP contribution in [0.4, 0.5) is 0 Å². The zero-order chi connectivity index (χ0) is 19.8. The Labute approximate surface area is 164 Å². The summed E-state index contributed by atoms with van der Waals surface area (Å²) in [4.78, 5) is 23.9.